The van der Waals surface area contributed by atoms with Gasteiger partial charge in [0.2, 0.25) is 0 Å². The van der Waals surface area contributed by atoms with Crippen LogP contribution in [-0.4, -0.2) is 17.6 Å². The first-order valence-corrected chi connectivity index (χ1v) is 7.61. The highest BCUT2D eigenvalue weighted by atomic mass is 79.9. The van der Waals surface area contributed by atoms with E-state index < -0.39 is 5.97 Å². The van der Waals surface area contributed by atoms with Gasteiger partial charge in [-0.15, -0.1) is 11.3 Å². The predicted octanol–water partition coefficient (Wildman–Crippen LogP) is 3.24. The molecule has 2 aromatic rings. The van der Waals surface area contributed by atoms with Crippen molar-refractivity contribution in [3.05, 3.63) is 49.1 Å². The summed E-state index contributed by atoms with van der Waals surface area (Å²) in [5.74, 6) is -0.499. The molecule has 1 aromatic carbocycles. The summed E-state index contributed by atoms with van der Waals surface area (Å²) in [5, 5.41) is 0. The van der Waals surface area contributed by atoms with Crippen LogP contribution in [0.1, 0.15) is 0 Å². The van der Waals surface area contributed by atoms with Crippen molar-refractivity contribution in [1.29, 1.82) is 0 Å². The van der Waals surface area contributed by atoms with Crippen molar-refractivity contribution >= 4 is 45.5 Å². The second-order valence-electron chi connectivity index (χ2n) is 3.89. The van der Waals surface area contributed by atoms with Gasteiger partial charge in [-0.1, -0.05) is 28.1 Å². The molecule has 0 radical (unpaired) electrons. The summed E-state index contributed by atoms with van der Waals surface area (Å²) in [5.41, 5.74) is 0.590. The van der Waals surface area contributed by atoms with Gasteiger partial charge in [-0.2, -0.15) is 0 Å². The van der Waals surface area contributed by atoms with Gasteiger partial charge in [-0.05, 0) is 29.9 Å². The highest BCUT2D eigenvalue weighted by Gasteiger charge is 2.09. The number of esters is 1. The third kappa shape index (κ3) is 3.41. The number of hydrogen-bond acceptors (Lipinski definition) is 5. The largest absolute Gasteiger partial charge is 0.468 e. The van der Waals surface area contributed by atoms with Crippen molar-refractivity contribution in [3.8, 4) is 10.4 Å². The Kier molecular flexibility index (Phi) is 4.85. The molecule has 2 rings (SSSR count). The van der Waals surface area contributed by atoms with Crippen LogP contribution in [0.25, 0.3) is 10.4 Å². The van der Waals surface area contributed by atoms with Gasteiger partial charge in [0, 0.05) is 15.4 Å². The van der Waals surface area contributed by atoms with Crippen LogP contribution < -0.4 is 5.56 Å². The van der Waals surface area contributed by atoms with Crippen LogP contribution in [0.2, 0.25) is 0 Å². The van der Waals surface area contributed by atoms with Crippen LogP contribution in [0.15, 0.2) is 39.6 Å². The molecule has 0 bridgehead atoms. The molecule has 1 aromatic heterocycles. The zero-order valence-corrected chi connectivity index (χ0v) is 13.7. The Hall–Kier alpha value is -1.31. The Morgan fingerprint density at radius 3 is 2.80 bits per heavy atom. The third-order valence-corrected chi connectivity index (χ3v) is 4.49. The van der Waals surface area contributed by atoms with E-state index in [0.717, 1.165) is 14.9 Å². The van der Waals surface area contributed by atoms with E-state index >= 15 is 0 Å². The lowest BCUT2D eigenvalue weighted by atomic mass is 10.2. The fourth-order valence-corrected chi connectivity index (χ4v) is 3.26. The van der Waals surface area contributed by atoms with Crippen molar-refractivity contribution in [2.24, 2.45) is 0 Å². The number of halogens is 1. The summed E-state index contributed by atoms with van der Waals surface area (Å²) in [4.78, 5) is 24.1. The molecule has 0 fully saturated rings. The number of ether oxygens (including phenoxy) is 1. The molecule has 0 atom stereocenters. The van der Waals surface area contributed by atoms with Crippen molar-refractivity contribution in [3.63, 3.8) is 0 Å². The molecule has 7 heteroatoms. The van der Waals surface area contributed by atoms with Crippen molar-refractivity contribution in [1.82, 2.24) is 4.57 Å². The van der Waals surface area contributed by atoms with Crippen LogP contribution in [0, 0.1) is 3.95 Å². The maximum atomic E-state index is 12.1. The highest BCUT2D eigenvalue weighted by Crippen LogP contribution is 2.25. The predicted molar refractivity (Wildman–Crippen MR) is 84.6 cm³/mol. The van der Waals surface area contributed by atoms with Gasteiger partial charge in [-0.3, -0.25) is 14.2 Å². The Balaban J connectivity index is 2.48. The summed E-state index contributed by atoms with van der Waals surface area (Å²) in [6.45, 7) is -0.163. The molecule has 0 N–H and O–H groups in total. The van der Waals surface area contributed by atoms with Gasteiger partial charge in [0.1, 0.15) is 6.54 Å². The van der Waals surface area contributed by atoms with Gasteiger partial charge in [-0.25, -0.2) is 0 Å². The normalized spacial score (nSPS) is 10.3. The Bertz CT molecular complexity index is 735. The molecular weight excluding hydrogens is 362 g/mol. The van der Waals surface area contributed by atoms with E-state index in [1.165, 1.54) is 29.1 Å². The molecule has 0 unspecified atom stereocenters. The summed E-state index contributed by atoms with van der Waals surface area (Å²) >= 11 is 9.86. The number of hydrogen-bond donors (Lipinski definition) is 0. The lowest BCUT2D eigenvalue weighted by Gasteiger charge is -2.06. The number of aromatic nitrogens is 1. The second kappa shape index (κ2) is 6.43. The number of methoxy groups -OCH3 is 1. The smallest absolute Gasteiger partial charge is 0.325 e. The second-order valence-corrected chi connectivity index (χ2v) is 6.48. The van der Waals surface area contributed by atoms with E-state index in [4.69, 9.17) is 12.2 Å². The molecule has 0 saturated heterocycles. The summed E-state index contributed by atoms with van der Waals surface area (Å²) < 4.78 is 7.05. The molecule has 0 aliphatic heterocycles. The monoisotopic (exact) mass is 371 g/mol. The SMILES string of the molecule is COC(=O)Cn1c(=O)cc(-c2cccc(Br)c2)sc1=S. The van der Waals surface area contributed by atoms with E-state index in [2.05, 4.69) is 20.7 Å². The third-order valence-electron chi connectivity index (χ3n) is 2.56. The highest BCUT2D eigenvalue weighted by molar-refractivity contribution is 9.10. The van der Waals surface area contributed by atoms with Gasteiger partial charge < -0.3 is 4.74 Å². The number of carbonyl (C=O) groups is 1. The van der Waals surface area contributed by atoms with Gasteiger partial charge in [0.05, 0.1) is 7.11 Å². The number of nitrogens with zero attached hydrogens (tertiary/aromatic N) is 1. The molecule has 0 amide bonds. The maximum Gasteiger partial charge on any atom is 0.325 e. The maximum absolute atomic E-state index is 12.1. The Labute approximate surface area is 132 Å². The first-order chi connectivity index (χ1) is 9.51. The van der Waals surface area contributed by atoms with Crippen LogP contribution in [-0.2, 0) is 16.1 Å². The van der Waals surface area contributed by atoms with Crippen LogP contribution in [0.5, 0.6) is 0 Å². The van der Waals surface area contributed by atoms with Crippen LogP contribution in [0.3, 0.4) is 0 Å². The van der Waals surface area contributed by atoms with Crippen LogP contribution in [0.4, 0.5) is 0 Å². The molecule has 104 valence electrons. The molecule has 0 aliphatic carbocycles. The lowest BCUT2D eigenvalue weighted by Crippen LogP contribution is -2.24. The average Bonchev–Trinajstić information content (AvgIpc) is 2.42. The Morgan fingerprint density at radius 2 is 2.20 bits per heavy atom. The van der Waals surface area contributed by atoms with E-state index in [1.807, 2.05) is 24.3 Å². The number of rotatable bonds is 3. The van der Waals surface area contributed by atoms with Gasteiger partial charge >= 0.3 is 5.97 Å². The van der Waals surface area contributed by atoms with Crippen molar-refractivity contribution < 1.29 is 9.53 Å². The van der Waals surface area contributed by atoms with E-state index in [1.54, 1.807) is 0 Å². The Morgan fingerprint density at radius 1 is 1.45 bits per heavy atom. The summed E-state index contributed by atoms with van der Waals surface area (Å²) in [6.07, 6.45) is 0. The summed E-state index contributed by atoms with van der Waals surface area (Å²) in [7, 11) is 1.27. The first kappa shape index (κ1) is 15.1. The minimum atomic E-state index is -0.499. The molecule has 4 nitrogen and oxygen atoms in total. The van der Waals surface area contributed by atoms with Crippen molar-refractivity contribution in [2.75, 3.05) is 7.11 Å². The zero-order chi connectivity index (χ0) is 14.7. The first-order valence-electron chi connectivity index (χ1n) is 5.59. The standard InChI is InChI=1S/C13H10BrNO3S2/c1-18-12(17)7-15-11(16)6-10(20-13(15)19)8-3-2-4-9(14)5-8/h2-6H,7H2,1H3. The average molecular weight is 372 g/mol. The molecule has 0 aliphatic rings. The minimum Gasteiger partial charge on any atom is -0.468 e. The van der Waals surface area contributed by atoms with E-state index in [0.29, 0.717) is 3.95 Å². The van der Waals surface area contributed by atoms with Crippen molar-refractivity contribution in [2.45, 2.75) is 6.54 Å². The number of carbonyl (C=O) groups excluding carboxylic acids is 1. The topological polar surface area (TPSA) is 48.3 Å². The van der Waals surface area contributed by atoms with Crippen LogP contribution >= 0.6 is 39.5 Å². The quantitative estimate of drug-likeness (QED) is 0.613. The zero-order valence-electron chi connectivity index (χ0n) is 10.5. The minimum absolute atomic E-state index is 0.163. The van der Waals surface area contributed by atoms with E-state index in [9.17, 15) is 9.59 Å². The fourth-order valence-electron chi connectivity index (χ4n) is 1.58. The fraction of sp³-hybridized carbons (Fsp3) is 0.154. The summed E-state index contributed by atoms with van der Waals surface area (Å²) in [6, 6.07) is 9.07. The van der Waals surface area contributed by atoms with Gasteiger partial charge in [0.25, 0.3) is 5.56 Å². The molecule has 0 saturated carbocycles. The molecule has 1 heterocycles. The van der Waals surface area contributed by atoms with Gasteiger partial charge in [0.15, 0.2) is 3.95 Å². The molecule has 0 spiro atoms. The molecular formula is C13H10BrNO3S2. The molecule has 20 heavy (non-hydrogen) atoms. The number of benzene rings is 1. The van der Waals surface area contributed by atoms with E-state index in [-0.39, 0.29) is 12.1 Å². The lowest BCUT2D eigenvalue weighted by molar-refractivity contribution is -0.141.